The van der Waals surface area contributed by atoms with Gasteiger partial charge in [-0.05, 0) is 85.4 Å². The molecule has 0 bridgehead atoms. The maximum Gasteiger partial charge on any atom is 0.416 e. The number of carbonyl (C=O) groups excluding carboxylic acids is 1. The van der Waals surface area contributed by atoms with Gasteiger partial charge in [-0.1, -0.05) is 12.1 Å². The summed E-state index contributed by atoms with van der Waals surface area (Å²) in [7, 11) is 1.45. The standard InChI is InChI=1S/C29H26F3N5O2S/c1-18-15-21(11-12-22(18)34-25(38)17-39-2)37-27(26(35-28(37)40)23-9-3-4-13-33-23)24-10-6-14-36(24)20-8-5-7-19(16-20)29(30,31)32/h3-16,26-27H,17H2,1-2H3,(H,34,38)(H,35,40)/t26-,27-/m1/s1. The van der Waals surface area contributed by atoms with Gasteiger partial charge >= 0.3 is 6.18 Å². The van der Waals surface area contributed by atoms with Crippen LogP contribution in [0.1, 0.15) is 34.6 Å². The van der Waals surface area contributed by atoms with Crippen molar-refractivity contribution >= 4 is 34.6 Å². The van der Waals surface area contributed by atoms with Crippen LogP contribution in [0, 0.1) is 6.92 Å². The molecule has 11 heteroatoms. The first-order valence-electron chi connectivity index (χ1n) is 12.4. The Labute approximate surface area is 234 Å². The summed E-state index contributed by atoms with van der Waals surface area (Å²) in [6, 6.07) is 19.1. The minimum atomic E-state index is -4.47. The molecular formula is C29H26F3N5O2S. The number of anilines is 2. The molecule has 1 amide bonds. The highest BCUT2D eigenvalue weighted by Crippen LogP contribution is 2.43. The monoisotopic (exact) mass is 565 g/mol. The number of thiocarbonyl (C=S) groups is 1. The first-order chi connectivity index (χ1) is 19.2. The average Bonchev–Trinajstić information content (AvgIpc) is 3.54. The van der Waals surface area contributed by atoms with E-state index in [1.165, 1.54) is 13.2 Å². The maximum atomic E-state index is 13.5. The van der Waals surface area contributed by atoms with Crippen LogP contribution in [0.15, 0.2) is 85.2 Å². The fraction of sp³-hybridized carbons (Fsp3) is 0.207. The van der Waals surface area contributed by atoms with Gasteiger partial charge in [-0.2, -0.15) is 13.2 Å². The van der Waals surface area contributed by atoms with Gasteiger partial charge in [-0.15, -0.1) is 0 Å². The Morgan fingerprint density at radius 2 is 1.90 bits per heavy atom. The third kappa shape index (κ3) is 5.43. The van der Waals surface area contributed by atoms with Gasteiger partial charge in [-0.25, -0.2) is 0 Å². The smallest absolute Gasteiger partial charge is 0.375 e. The molecule has 0 aliphatic carbocycles. The van der Waals surface area contributed by atoms with Gasteiger partial charge in [0.15, 0.2) is 5.11 Å². The zero-order chi connectivity index (χ0) is 28.4. The molecule has 5 rings (SSSR count). The van der Waals surface area contributed by atoms with E-state index in [4.69, 9.17) is 17.0 Å². The van der Waals surface area contributed by atoms with Crippen molar-refractivity contribution in [1.82, 2.24) is 14.9 Å². The van der Waals surface area contributed by atoms with Crippen molar-refractivity contribution in [3.05, 3.63) is 108 Å². The third-order valence-electron chi connectivity index (χ3n) is 6.67. The lowest BCUT2D eigenvalue weighted by Crippen LogP contribution is -2.30. The van der Waals surface area contributed by atoms with Crippen molar-refractivity contribution in [2.45, 2.75) is 25.2 Å². The van der Waals surface area contributed by atoms with E-state index < -0.39 is 23.8 Å². The Balaban J connectivity index is 1.60. The fourth-order valence-electron chi connectivity index (χ4n) is 4.89. The van der Waals surface area contributed by atoms with Gasteiger partial charge < -0.3 is 24.8 Å². The van der Waals surface area contributed by atoms with Crippen molar-refractivity contribution in [2.75, 3.05) is 23.9 Å². The number of aryl methyl sites for hydroxylation is 1. The number of rotatable bonds is 7. The summed E-state index contributed by atoms with van der Waals surface area (Å²) in [5.74, 6) is -0.274. The number of ether oxygens (including phenoxy) is 1. The second-order valence-corrected chi connectivity index (χ2v) is 9.71. The molecule has 206 valence electrons. The van der Waals surface area contributed by atoms with E-state index in [0.29, 0.717) is 16.5 Å². The number of halogens is 3. The molecule has 0 spiro atoms. The predicted molar refractivity (Wildman–Crippen MR) is 150 cm³/mol. The molecule has 3 heterocycles. The first-order valence-corrected chi connectivity index (χ1v) is 12.8. The second kappa shape index (κ2) is 11.1. The van der Waals surface area contributed by atoms with Gasteiger partial charge in [-0.3, -0.25) is 9.78 Å². The Kier molecular flexibility index (Phi) is 7.59. The summed E-state index contributed by atoms with van der Waals surface area (Å²) in [6.45, 7) is 1.80. The van der Waals surface area contributed by atoms with Crippen molar-refractivity contribution in [3.8, 4) is 5.69 Å². The van der Waals surface area contributed by atoms with Gasteiger partial charge in [0, 0.05) is 42.3 Å². The van der Waals surface area contributed by atoms with E-state index in [2.05, 4.69) is 15.6 Å². The van der Waals surface area contributed by atoms with E-state index in [9.17, 15) is 18.0 Å². The summed E-state index contributed by atoms with van der Waals surface area (Å²) >= 11 is 5.80. The SMILES string of the molecule is COCC(=O)Nc1ccc(N2C(=S)N[C@H](c3ccccn3)[C@H]2c2cccn2-c2cccc(C(F)(F)F)c2)cc1C. The number of methoxy groups -OCH3 is 1. The fourth-order valence-corrected chi connectivity index (χ4v) is 5.24. The molecule has 1 fully saturated rings. The van der Waals surface area contributed by atoms with Crippen LogP contribution in [-0.4, -0.2) is 34.3 Å². The maximum absolute atomic E-state index is 13.5. The van der Waals surface area contributed by atoms with E-state index in [1.807, 2.05) is 48.2 Å². The molecule has 4 aromatic rings. The molecular weight excluding hydrogens is 539 g/mol. The highest BCUT2D eigenvalue weighted by atomic mass is 32.1. The quantitative estimate of drug-likeness (QED) is 0.270. The zero-order valence-electron chi connectivity index (χ0n) is 21.6. The van der Waals surface area contributed by atoms with Gasteiger partial charge in [0.1, 0.15) is 12.6 Å². The lowest BCUT2D eigenvalue weighted by Gasteiger charge is -2.29. The van der Waals surface area contributed by atoms with Crippen LogP contribution < -0.4 is 15.5 Å². The van der Waals surface area contributed by atoms with Gasteiger partial charge in [0.25, 0.3) is 0 Å². The number of nitrogens with one attached hydrogen (secondary N) is 2. The molecule has 7 nitrogen and oxygen atoms in total. The summed E-state index contributed by atoms with van der Waals surface area (Å²) in [6.07, 6.45) is -1.05. The lowest BCUT2D eigenvalue weighted by atomic mass is 10.00. The zero-order valence-corrected chi connectivity index (χ0v) is 22.5. The lowest BCUT2D eigenvalue weighted by molar-refractivity contribution is -0.137. The molecule has 0 saturated carbocycles. The number of carbonyl (C=O) groups is 1. The minimum Gasteiger partial charge on any atom is -0.375 e. The predicted octanol–water partition coefficient (Wildman–Crippen LogP) is 5.96. The van der Waals surface area contributed by atoms with E-state index in [0.717, 1.165) is 34.8 Å². The van der Waals surface area contributed by atoms with Crippen molar-refractivity contribution < 1.29 is 22.7 Å². The second-order valence-electron chi connectivity index (χ2n) is 9.33. The number of amides is 1. The number of hydrogen-bond acceptors (Lipinski definition) is 4. The van der Waals surface area contributed by atoms with Crippen LogP contribution >= 0.6 is 12.2 Å². The number of aromatic nitrogens is 2. The molecule has 1 aliphatic heterocycles. The van der Waals surface area contributed by atoms with Gasteiger partial charge in [0.05, 0.1) is 17.3 Å². The van der Waals surface area contributed by atoms with Crippen LogP contribution in [0.3, 0.4) is 0 Å². The van der Waals surface area contributed by atoms with Crippen LogP contribution in [-0.2, 0) is 15.7 Å². The van der Waals surface area contributed by atoms with E-state index >= 15 is 0 Å². The normalized spacial score (nSPS) is 17.1. The summed E-state index contributed by atoms with van der Waals surface area (Å²) in [4.78, 5) is 18.5. The Morgan fingerprint density at radius 1 is 1.07 bits per heavy atom. The van der Waals surface area contributed by atoms with Crippen molar-refractivity contribution in [1.29, 1.82) is 0 Å². The van der Waals surface area contributed by atoms with Crippen LogP contribution in [0.2, 0.25) is 0 Å². The van der Waals surface area contributed by atoms with Crippen LogP contribution in [0.4, 0.5) is 24.5 Å². The summed E-state index contributed by atoms with van der Waals surface area (Å²) in [5.41, 5.74) is 3.28. The Bertz CT molecular complexity index is 1540. The highest BCUT2D eigenvalue weighted by molar-refractivity contribution is 7.80. The van der Waals surface area contributed by atoms with Crippen molar-refractivity contribution in [3.63, 3.8) is 0 Å². The topological polar surface area (TPSA) is 71.4 Å². The Morgan fingerprint density at radius 3 is 2.60 bits per heavy atom. The Hall–Kier alpha value is -4.22. The number of nitrogens with zero attached hydrogens (tertiary/aromatic N) is 3. The number of benzene rings is 2. The molecule has 2 aromatic heterocycles. The van der Waals surface area contributed by atoms with Gasteiger partial charge in [0.2, 0.25) is 5.91 Å². The molecule has 2 N–H and O–H groups in total. The average molecular weight is 566 g/mol. The number of alkyl halides is 3. The van der Waals surface area contributed by atoms with Crippen molar-refractivity contribution in [2.24, 2.45) is 0 Å². The molecule has 2 aromatic carbocycles. The summed E-state index contributed by atoms with van der Waals surface area (Å²) < 4.78 is 47.2. The van der Waals surface area contributed by atoms with E-state index in [-0.39, 0.29) is 12.5 Å². The molecule has 1 aliphatic rings. The molecule has 2 atom stereocenters. The molecule has 0 radical (unpaired) electrons. The third-order valence-corrected chi connectivity index (χ3v) is 6.99. The first kappa shape index (κ1) is 27.4. The largest absolute Gasteiger partial charge is 0.416 e. The minimum absolute atomic E-state index is 0.0678. The van der Waals surface area contributed by atoms with Crippen LogP contribution in [0.25, 0.3) is 5.69 Å². The number of hydrogen-bond donors (Lipinski definition) is 2. The highest BCUT2D eigenvalue weighted by Gasteiger charge is 2.42. The van der Waals surface area contributed by atoms with E-state index in [1.54, 1.807) is 35.2 Å². The molecule has 40 heavy (non-hydrogen) atoms. The number of pyridine rings is 1. The summed E-state index contributed by atoms with van der Waals surface area (Å²) in [5, 5.41) is 6.63. The molecule has 0 unspecified atom stereocenters. The van der Waals surface area contributed by atoms with Crippen LogP contribution in [0.5, 0.6) is 0 Å². The molecule has 1 saturated heterocycles.